The summed E-state index contributed by atoms with van der Waals surface area (Å²) in [6, 6.07) is 6.67. The van der Waals surface area contributed by atoms with Gasteiger partial charge in [0.2, 0.25) is 0 Å². The van der Waals surface area contributed by atoms with Gasteiger partial charge in [-0.1, -0.05) is 12.1 Å². The van der Waals surface area contributed by atoms with Gasteiger partial charge in [0.1, 0.15) is 23.6 Å². The number of Topliss-reactive ketones (excluding diaryl/α,β-unsaturated/α-hetero) is 1. The zero-order chi connectivity index (χ0) is 14.5. The zero-order valence-corrected chi connectivity index (χ0v) is 11.6. The number of carbonyl (C=O) groups excluding carboxylic acids is 2. The first kappa shape index (κ1) is 15.2. The average Bonchev–Trinajstić information content (AvgIpc) is 2.25. The van der Waals surface area contributed by atoms with Crippen molar-refractivity contribution in [3.8, 4) is 5.75 Å². The lowest BCUT2D eigenvalue weighted by atomic mass is 10.1. The van der Waals surface area contributed by atoms with Gasteiger partial charge in [0.15, 0.2) is 0 Å². The van der Waals surface area contributed by atoms with Crippen molar-refractivity contribution < 1.29 is 19.4 Å². The zero-order valence-electron chi connectivity index (χ0n) is 11.6. The summed E-state index contributed by atoms with van der Waals surface area (Å²) in [5.41, 5.74) is 0.393. The monoisotopic (exact) mass is 264 g/mol. The van der Waals surface area contributed by atoms with E-state index in [2.05, 4.69) is 0 Å². The highest BCUT2D eigenvalue weighted by atomic mass is 16.6. The minimum atomic E-state index is -0.561. The van der Waals surface area contributed by atoms with Gasteiger partial charge in [-0.2, -0.15) is 0 Å². The molecule has 0 saturated carbocycles. The number of esters is 1. The van der Waals surface area contributed by atoms with Gasteiger partial charge in [-0.25, -0.2) is 0 Å². The van der Waals surface area contributed by atoms with Gasteiger partial charge in [-0.15, -0.1) is 0 Å². The second-order valence-electron chi connectivity index (χ2n) is 5.47. The van der Waals surface area contributed by atoms with Crippen molar-refractivity contribution in [1.82, 2.24) is 0 Å². The van der Waals surface area contributed by atoms with Gasteiger partial charge in [-0.05, 0) is 44.9 Å². The topological polar surface area (TPSA) is 63.6 Å². The molecule has 1 rings (SSSR count). The number of ketones is 1. The molecule has 0 aliphatic heterocycles. The van der Waals surface area contributed by atoms with Gasteiger partial charge in [0.05, 0.1) is 0 Å². The van der Waals surface area contributed by atoms with Crippen LogP contribution in [0, 0.1) is 0 Å². The molecule has 0 bridgehead atoms. The first-order valence-electron chi connectivity index (χ1n) is 6.28. The minimum Gasteiger partial charge on any atom is -0.508 e. The second-order valence-corrected chi connectivity index (χ2v) is 5.47. The lowest BCUT2D eigenvalue weighted by Gasteiger charge is -2.19. The molecule has 0 saturated heterocycles. The smallest absolute Gasteiger partial charge is 0.313 e. The first-order chi connectivity index (χ1) is 8.76. The Balaban J connectivity index is 2.36. The Labute approximate surface area is 113 Å². The number of rotatable bonds is 5. The Morgan fingerprint density at radius 1 is 1.16 bits per heavy atom. The molecule has 0 aliphatic carbocycles. The lowest BCUT2D eigenvalue weighted by Crippen LogP contribution is -2.25. The molecule has 0 unspecified atom stereocenters. The predicted octanol–water partition coefficient (Wildman–Crippen LogP) is 2.63. The second kappa shape index (κ2) is 6.36. The van der Waals surface area contributed by atoms with E-state index in [1.54, 1.807) is 45.0 Å². The van der Waals surface area contributed by atoms with Crippen molar-refractivity contribution in [2.75, 3.05) is 0 Å². The number of hydrogen-bond donors (Lipinski definition) is 1. The molecule has 1 aromatic rings. The molecule has 0 radical (unpaired) electrons. The standard InChI is InChI=1S/C15H20O4/c1-15(2,3)19-14(18)10-13(17)9-6-11-4-7-12(16)8-5-11/h4-5,7-8,16H,6,9-10H2,1-3H3. The summed E-state index contributed by atoms with van der Waals surface area (Å²) in [6.45, 7) is 5.31. The van der Waals surface area contributed by atoms with Gasteiger partial charge in [0.25, 0.3) is 0 Å². The molecular weight excluding hydrogens is 244 g/mol. The maximum Gasteiger partial charge on any atom is 0.313 e. The molecule has 1 aromatic carbocycles. The third-order valence-corrected chi connectivity index (χ3v) is 2.39. The summed E-state index contributed by atoms with van der Waals surface area (Å²) in [7, 11) is 0. The van der Waals surface area contributed by atoms with E-state index in [-0.39, 0.29) is 18.0 Å². The maximum atomic E-state index is 11.6. The van der Waals surface area contributed by atoms with E-state index < -0.39 is 11.6 Å². The fourth-order valence-corrected chi connectivity index (χ4v) is 1.57. The van der Waals surface area contributed by atoms with Crippen LogP contribution in [0.15, 0.2) is 24.3 Å². The number of phenols is 1. The van der Waals surface area contributed by atoms with E-state index in [1.807, 2.05) is 0 Å². The SMILES string of the molecule is CC(C)(C)OC(=O)CC(=O)CCc1ccc(O)cc1. The Morgan fingerprint density at radius 3 is 2.26 bits per heavy atom. The molecule has 0 aliphatic rings. The van der Waals surface area contributed by atoms with Crippen molar-refractivity contribution in [2.45, 2.75) is 45.6 Å². The van der Waals surface area contributed by atoms with E-state index in [0.717, 1.165) is 5.56 Å². The number of hydrogen-bond acceptors (Lipinski definition) is 4. The number of aromatic hydroxyl groups is 1. The highest BCUT2D eigenvalue weighted by molar-refractivity contribution is 5.95. The minimum absolute atomic E-state index is 0.137. The van der Waals surface area contributed by atoms with Gasteiger partial charge in [-0.3, -0.25) is 9.59 Å². The Bertz CT molecular complexity index is 440. The third kappa shape index (κ3) is 6.60. The summed E-state index contributed by atoms with van der Waals surface area (Å²) < 4.78 is 5.08. The summed E-state index contributed by atoms with van der Waals surface area (Å²) in [6.07, 6.45) is 0.668. The van der Waals surface area contributed by atoms with Crippen LogP contribution in [0.4, 0.5) is 0 Å². The molecule has 0 atom stereocenters. The Hall–Kier alpha value is -1.84. The lowest BCUT2D eigenvalue weighted by molar-refractivity contribution is -0.156. The molecule has 0 heterocycles. The number of benzene rings is 1. The molecule has 104 valence electrons. The van der Waals surface area contributed by atoms with Gasteiger partial charge in [0, 0.05) is 6.42 Å². The molecule has 0 fully saturated rings. The number of aryl methyl sites for hydroxylation is 1. The van der Waals surface area contributed by atoms with E-state index >= 15 is 0 Å². The maximum absolute atomic E-state index is 11.6. The molecule has 0 aromatic heterocycles. The van der Waals surface area contributed by atoms with E-state index in [0.29, 0.717) is 12.8 Å². The van der Waals surface area contributed by atoms with Crippen LogP contribution in [0.5, 0.6) is 5.75 Å². The Kier molecular flexibility index (Phi) is 5.10. The van der Waals surface area contributed by atoms with Gasteiger partial charge < -0.3 is 9.84 Å². The fourth-order valence-electron chi connectivity index (χ4n) is 1.57. The van der Waals surface area contributed by atoms with E-state index in [4.69, 9.17) is 9.84 Å². The van der Waals surface area contributed by atoms with Crippen LogP contribution in [0.2, 0.25) is 0 Å². The van der Waals surface area contributed by atoms with Crippen LogP contribution < -0.4 is 0 Å². The van der Waals surface area contributed by atoms with Crippen LogP contribution in [0.3, 0.4) is 0 Å². The number of ether oxygens (including phenoxy) is 1. The molecule has 19 heavy (non-hydrogen) atoms. The van der Waals surface area contributed by atoms with Crippen LogP contribution in [0.1, 0.15) is 39.2 Å². The third-order valence-electron chi connectivity index (χ3n) is 2.39. The molecule has 1 N–H and O–H groups in total. The van der Waals surface area contributed by atoms with Gasteiger partial charge >= 0.3 is 5.97 Å². The van der Waals surface area contributed by atoms with E-state index in [9.17, 15) is 9.59 Å². The van der Waals surface area contributed by atoms with E-state index in [1.165, 1.54) is 0 Å². The molecule has 4 heteroatoms. The summed E-state index contributed by atoms with van der Waals surface area (Å²) in [5.74, 6) is -0.422. The summed E-state index contributed by atoms with van der Waals surface area (Å²) >= 11 is 0. The molecular formula is C15H20O4. The average molecular weight is 264 g/mol. The Morgan fingerprint density at radius 2 is 1.74 bits per heavy atom. The summed E-state index contributed by atoms with van der Waals surface area (Å²) in [5, 5.41) is 9.13. The quantitative estimate of drug-likeness (QED) is 0.656. The van der Waals surface area contributed by atoms with Crippen LogP contribution in [-0.4, -0.2) is 22.5 Å². The normalized spacial score (nSPS) is 11.1. The van der Waals surface area contributed by atoms with Crippen molar-refractivity contribution >= 4 is 11.8 Å². The number of phenolic OH excluding ortho intramolecular Hbond substituents is 1. The summed E-state index contributed by atoms with van der Waals surface area (Å²) in [4.78, 5) is 23.1. The van der Waals surface area contributed by atoms with Crippen LogP contribution >= 0.6 is 0 Å². The largest absolute Gasteiger partial charge is 0.508 e. The van der Waals surface area contributed by atoms with Crippen molar-refractivity contribution in [3.05, 3.63) is 29.8 Å². The highest BCUT2D eigenvalue weighted by Gasteiger charge is 2.18. The van der Waals surface area contributed by atoms with Crippen molar-refractivity contribution in [1.29, 1.82) is 0 Å². The van der Waals surface area contributed by atoms with Crippen molar-refractivity contribution in [3.63, 3.8) is 0 Å². The van der Waals surface area contributed by atoms with Crippen LogP contribution in [-0.2, 0) is 20.7 Å². The predicted molar refractivity (Wildman–Crippen MR) is 71.9 cm³/mol. The first-order valence-corrected chi connectivity index (χ1v) is 6.28. The highest BCUT2D eigenvalue weighted by Crippen LogP contribution is 2.12. The molecule has 4 nitrogen and oxygen atoms in total. The fraction of sp³-hybridized carbons (Fsp3) is 0.467. The molecule has 0 spiro atoms. The van der Waals surface area contributed by atoms with Crippen LogP contribution in [0.25, 0.3) is 0 Å². The van der Waals surface area contributed by atoms with Crippen molar-refractivity contribution in [2.24, 2.45) is 0 Å². The number of carbonyl (C=O) groups is 2. The molecule has 0 amide bonds.